The van der Waals surface area contributed by atoms with E-state index in [-0.39, 0.29) is 29.2 Å². The standard InChI is InChI=1S/C19H26ClN3O3/c1-12-4-6-18(2,3)23(12)17(24)26-25-15-5-7-19(9-13(19)8-15)16-21-10-14(20)11-22-16/h10-13,15H,4-9H2,1-3H3. The second-order valence-corrected chi connectivity index (χ2v) is 9.13. The SMILES string of the molecule is CC1CCC(C)(C)N1C(=O)OOC1CCC2(c3ncc(Cl)cn3)CC2C1. The molecule has 6 nitrogen and oxygen atoms in total. The van der Waals surface area contributed by atoms with Crippen LogP contribution >= 0.6 is 11.6 Å². The van der Waals surface area contributed by atoms with Crippen molar-refractivity contribution >= 4 is 17.7 Å². The summed E-state index contributed by atoms with van der Waals surface area (Å²) in [6, 6.07) is 0.186. The van der Waals surface area contributed by atoms with Gasteiger partial charge in [-0.25, -0.2) is 14.8 Å². The lowest BCUT2D eigenvalue weighted by molar-refractivity contribution is -0.287. The van der Waals surface area contributed by atoms with Crippen molar-refractivity contribution in [2.75, 3.05) is 0 Å². The Balaban J connectivity index is 1.31. The molecular formula is C19H26ClN3O3. The molecule has 0 radical (unpaired) electrons. The van der Waals surface area contributed by atoms with Gasteiger partial charge in [0.25, 0.3) is 0 Å². The van der Waals surface area contributed by atoms with E-state index in [1.807, 2.05) is 0 Å². The van der Waals surface area contributed by atoms with Gasteiger partial charge in [-0.05, 0) is 65.2 Å². The van der Waals surface area contributed by atoms with Crippen LogP contribution in [0, 0.1) is 5.92 Å². The van der Waals surface area contributed by atoms with E-state index in [1.165, 1.54) is 0 Å². The first-order chi connectivity index (χ1) is 12.3. The Morgan fingerprint density at radius 2 is 2.00 bits per heavy atom. The van der Waals surface area contributed by atoms with Gasteiger partial charge in [0.15, 0.2) is 0 Å². The second kappa shape index (κ2) is 6.34. The Morgan fingerprint density at radius 1 is 1.27 bits per heavy atom. The highest BCUT2D eigenvalue weighted by molar-refractivity contribution is 6.30. The molecule has 7 heteroatoms. The highest BCUT2D eigenvalue weighted by Gasteiger charge is 2.60. The topological polar surface area (TPSA) is 64.6 Å². The third-order valence-corrected chi connectivity index (χ3v) is 6.67. The monoisotopic (exact) mass is 379 g/mol. The van der Waals surface area contributed by atoms with Crippen LogP contribution in [0.2, 0.25) is 5.02 Å². The number of aromatic nitrogens is 2. The normalized spacial score (nSPS) is 35.1. The summed E-state index contributed by atoms with van der Waals surface area (Å²) in [7, 11) is 0. The molecule has 0 aromatic carbocycles. The zero-order valence-electron chi connectivity index (χ0n) is 15.6. The first-order valence-electron chi connectivity index (χ1n) is 9.46. The van der Waals surface area contributed by atoms with Gasteiger partial charge in [0.05, 0.1) is 5.02 Å². The Kier molecular flexibility index (Phi) is 4.39. The average Bonchev–Trinajstić information content (AvgIpc) is 3.26. The number of rotatable bonds is 3. The Hall–Kier alpha value is -1.40. The zero-order chi connectivity index (χ0) is 18.5. The van der Waals surface area contributed by atoms with E-state index in [1.54, 1.807) is 17.3 Å². The Morgan fingerprint density at radius 3 is 2.62 bits per heavy atom. The predicted octanol–water partition coefficient (Wildman–Crippen LogP) is 4.27. The molecule has 2 saturated carbocycles. The van der Waals surface area contributed by atoms with Crippen molar-refractivity contribution in [3.63, 3.8) is 0 Å². The van der Waals surface area contributed by atoms with Gasteiger partial charge in [-0.3, -0.25) is 9.79 Å². The van der Waals surface area contributed by atoms with E-state index in [0.29, 0.717) is 10.9 Å². The first kappa shape index (κ1) is 18.0. The molecular weight excluding hydrogens is 354 g/mol. The number of hydrogen-bond acceptors (Lipinski definition) is 5. The van der Waals surface area contributed by atoms with Crippen molar-refractivity contribution in [3.05, 3.63) is 23.2 Å². The third kappa shape index (κ3) is 3.07. The number of carbonyl (C=O) groups is 1. The van der Waals surface area contributed by atoms with Crippen LogP contribution in [0.4, 0.5) is 4.79 Å². The highest BCUT2D eigenvalue weighted by Crippen LogP contribution is 2.61. The van der Waals surface area contributed by atoms with E-state index >= 15 is 0 Å². The second-order valence-electron chi connectivity index (χ2n) is 8.69. The molecule has 26 heavy (non-hydrogen) atoms. The molecule has 0 bridgehead atoms. The molecule has 3 fully saturated rings. The quantitative estimate of drug-likeness (QED) is 0.579. The lowest BCUT2D eigenvalue weighted by Gasteiger charge is -2.33. The average molecular weight is 380 g/mol. The maximum absolute atomic E-state index is 12.5. The van der Waals surface area contributed by atoms with Gasteiger partial charge in [-0.1, -0.05) is 11.6 Å². The maximum Gasteiger partial charge on any atom is 0.441 e. The van der Waals surface area contributed by atoms with Gasteiger partial charge in [0.2, 0.25) is 0 Å². The lowest BCUT2D eigenvalue weighted by atomic mass is 9.86. The number of halogens is 1. The number of carbonyl (C=O) groups excluding carboxylic acids is 1. The molecule has 3 aliphatic rings. The van der Waals surface area contributed by atoms with Crippen LogP contribution in [0.3, 0.4) is 0 Å². The number of nitrogens with zero attached hydrogens (tertiary/aromatic N) is 3. The van der Waals surface area contributed by atoms with Crippen molar-refractivity contribution in [1.29, 1.82) is 0 Å². The fourth-order valence-electron chi connectivity index (χ4n) is 4.88. The largest absolute Gasteiger partial charge is 0.441 e. The Labute approximate surface area is 159 Å². The predicted molar refractivity (Wildman–Crippen MR) is 96.6 cm³/mol. The van der Waals surface area contributed by atoms with E-state index in [2.05, 4.69) is 30.7 Å². The summed E-state index contributed by atoms with van der Waals surface area (Å²) < 4.78 is 0. The molecule has 2 aliphatic carbocycles. The fourth-order valence-corrected chi connectivity index (χ4v) is 4.97. The number of likely N-dealkylation sites (tertiary alicyclic amines) is 1. The third-order valence-electron chi connectivity index (χ3n) is 6.48. The maximum atomic E-state index is 12.5. The van der Waals surface area contributed by atoms with Crippen molar-refractivity contribution in [2.24, 2.45) is 5.92 Å². The zero-order valence-corrected chi connectivity index (χ0v) is 16.3. The summed E-state index contributed by atoms with van der Waals surface area (Å²) in [5, 5.41) is 0.561. The minimum Gasteiger partial charge on any atom is -0.298 e. The van der Waals surface area contributed by atoms with Crippen molar-refractivity contribution in [2.45, 2.75) is 82.4 Å². The molecule has 1 saturated heterocycles. The van der Waals surface area contributed by atoms with Crippen molar-refractivity contribution in [1.82, 2.24) is 14.9 Å². The highest BCUT2D eigenvalue weighted by atomic mass is 35.5. The van der Waals surface area contributed by atoms with Crippen LogP contribution in [-0.4, -0.2) is 38.6 Å². The summed E-state index contributed by atoms with van der Waals surface area (Å²) in [6.07, 6.45) is 8.63. The molecule has 0 N–H and O–H groups in total. The van der Waals surface area contributed by atoms with Gasteiger partial charge in [0.1, 0.15) is 11.9 Å². The van der Waals surface area contributed by atoms with E-state index in [4.69, 9.17) is 21.4 Å². The molecule has 142 valence electrons. The molecule has 4 rings (SSSR count). The van der Waals surface area contributed by atoms with Crippen LogP contribution in [0.15, 0.2) is 12.4 Å². The van der Waals surface area contributed by atoms with Crippen LogP contribution < -0.4 is 0 Å². The summed E-state index contributed by atoms with van der Waals surface area (Å²) in [5.41, 5.74) is -0.107. The molecule has 4 atom stereocenters. The first-order valence-corrected chi connectivity index (χ1v) is 9.84. The van der Waals surface area contributed by atoms with E-state index in [9.17, 15) is 4.79 Å². The van der Waals surface area contributed by atoms with Gasteiger partial charge < -0.3 is 0 Å². The summed E-state index contributed by atoms with van der Waals surface area (Å²) in [6.45, 7) is 6.20. The molecule has 1 aromatic rings. The molecule has 0 spiro atoms. The van der Waals surface area contributed by atoms with Crippen LogP contribution in [0.1, 0.15) is 65.1 Å². The van der Waals surface area contributed by atoms with Crippen molar-refractivity contribution < 1.29 is 14.6 Å². The van der Waals surface area contributed by atoms with Gasteiger partial charge in [-0.15, -0.1) is 0 Å². The molecule has 1 aliphatic heterocycles. The lowest BCUT2D eigenvalue weighted by Crippen LogP contribution is -2.46. The van der Waals surface area contributed by atoms with Crippen molar-refractivity contribution in [3.8, 4) is 0 Å². The molecule has 1 aromatic heterocycles. The van der Waals surface area contributed by atoms with Crippen LogP contribution in [0.25, 0.3) is 0 Å². The Bertz CT molecular complexity index is 696. The number of hydrogen-bond donors (Lipinski definition) is 0. The van der Waals surface area contributed by atoms with Crippen LogP contribution in [-0.2, 0) is 15.2 Å². The molecule has 4 unspecified atom stereocenters. The molecule has 2 heterocycles. The van der Waals surface area contributed by atoms with Gasteiger partial charge in [-0.2, -0.15) is 4.89 Å². The number of fused-ring (bicyclic) bond motifs is 1. The minimum atomic E-state index is -0.367. The minimum absolute atomic E-state index is 0.0482. The summed E-state index contributed by atoms with van der Waals surface area (Å²) in [4.78, 5) is 33.9. The van der Waals surface area contributed by atoms with E-state index < -0.39 is 0 Å². The molecule has 1 amide bonds. The summed E-state index contributed by atoms with van der Waals surface area (Å²) >= 11 is 5.89. The van der Waals surface area contributed by atoms with Gasteiger partial charge >= 0.3 is 6.09 Å². The number of amides is 1. The van der Waals surface area contributed by atoms with Gasteiger partial charge in [0, 0.05) is 29.4 Å². The van der Waals surface area contributed by atoms with E-state index in [0.717, 1.165) is 44.3 Å². The fraction of sp³-hybridized carbons (Fsp3) is 0.737. The smallest absolute Gasteiger partial charge is 0.298 e. The van der Waals surface area contributed by atoms with Crippen LogP contribution in [0.5, 0.6) is 0 Å². The summed E-state index contributed by atoms with van der Waals surface area (Å²) in [5.74, 6) is 1.37.